The summed E-state index contributed by atoms with van der Waals surface area (Å²) in [7, 11) is -3.40. The molecule has 1 heterocycles. The average Bonchev–Trinajstić information content (AvgIpc) is 2.41. The second-order valence-electron chi connectivity index (χ2n) is 4.58. The second kappa shape index (κ2) is 5.92. The fraction of sp³-hybridized carbons (Fsp3) is 0.143. The van der Waals surface area contributed by atoms with E-state index in [9.17, 15) is 13.2 Å². The predicted octanol–water partition coefficient (Wildman–Crippen LogP) is 1.25. The van der Waals surface area contributed by atoms with Crippen LogP contribution in [-0.2, 0) is 21.1 Å². The number of carbonyl (C=O) groups is 1. The first kappa shape index (κ1) is 15.0. The predicted molar refractivity (Wildman–Crippen MR) is 80.5 cm³/mol. The van der Waals surface area contributed by atoms with E-state index in [1.165, 1.54) is 12.3 Å². The fourth-order valence-corrected chi connectivity index (χ4v) is 2.64. The number of nitrogen functional groups attached to an aromatic ring is 1. The Kier molecular flexibility index (Phi) is 4.23. The third-order valence-corrected chi connectivity index (χ3v) is 3.90. The van der Waals surface area contributed by atoms with E-state index >= 15 is 0 Å². The van der Waals surface area contributed by atoms with Gasteiger partial charge in [-0.1, -0.05) is 12.1 Å². The summed E-state index contributed by atoms with van der Waals surface area (Å²) in [5.41, 5.74) is 6.85. The number of nitrogens with zero attached hydrogens (tertiary/aromatic N) is 1. The molecule has 6 nitrogen and oxygen atoms in total. The number of sulfone groups is 1. The number of nitrogens with two attached hydrogens (primary N) is 1. The van der Waals surface area contributed by atoms with Crippen LogP contribution >= 0.6 is 0 Å². The maximum absolute atomic E-state index is 12.0. The largest absolute Gasteiger partial charge is 0.397 e. The Morgan fingerprint density at radius 3 is 2.57 bits per heavy atom. The minimum absolute atomic E-state index is 0.0401. The Bertz CT molecular complexity index is 755. The Balaban J connectivity index is 2.15. The quantitative estimate of drug-likeness (QED) is 0.885. The lowest BCUT2D eigenvalue weighted by Gasteiger charge is -2.09. The van der Waals surface area contributed by atoms with Crippen LogP contribution in [0.3, 0.4) is 0 Å². The summed E-state index contributed by atoms with van der Waals surface area (Å²) in [5, 5.41) is 2.59. The summed E-state index contributed by atoms with van der Waals surface area (Å²) in [6, 6.07) is 9.56. The van der Waals surface area contributed by atoms with Gasteiger partial charge in [-0.3, -0.25) is 9.78 Å². The molecule has 1 aromatic heterocycles. The Hall–Kier alpha value is -2.41. The van der Waals surface area contributed by atoms with E-state index in [0.29, 0.717) is 11.4 Å². The smallest absolute Gasteiger partial charge is 0.230 e. The molecule has 0 bridgehead atoms. The highest BCUT2D eigenvalue weighted by atomic mass is 32.2. The van der Waals surface area contributed by atoms with Gasteiger partial charge in [0.2, 0.25) is 5.91 Å². The highest BCUT2D eigenvalue weighted by molar-refractivity contribution is 7.90. The van der Waals surface area contributed by atoms with Crippen LogP contribution in [0, 0.1) is 0 Å². The molecule has 0 atom stereocenters. The van der Waals surface area contributed by atoms with Gasteiger partial charge in [0.15, 0.2) is 9.84 Å². The minimum Gasteiger partial charge on any atom is -0.397 e. The molecule has 110 valence electrons. The first-order chi connectivity index (χ1) is 9.86. The van der Waals surface area contributed by atoms with Crippen LogP contribution in [0.1, 0.15) is 5.69 Å². The van der Waals surface area contributed by atoms with Crippen molar-refractivity contribution in [3.05, 3.63) is 48.3 Å². The van der Waals surface area contributed by atoms with Gasteiger partial charge in [-0.15, -0.1) is 0 Å². The van der Waals surface area contributed by atoms with E-state index in [0.717, 1.165) is 6.26 Å². The third kappa shape index (κ3) is 4.03. The molecule has 21 heavy (non-hydrogen) atoms. The Morgan fingerprint density at radius 1 is 1.24 bits per heavy atom. The van der Waals surface area contributed by atoms with E-state index < -0.39 is 9.84 Å². The molecule has 0 saturated heterocycles. The molecular formula is C14H15N3O3S. The summed E-state index contributed by atoms with van der Waals surface area (Å²) in [6.07, 6.45) is 2.60. The zero-order valence-corrected chi connectivity index (χ0v) is 12.2. The van der Waals surface area contributed by atoms with Crippen LogP contribution in [0.25, 0.3) is 0 Å². The molecule has 2 aromatic rings. The number of amides is 1. The van der Waals surface area contributed by atoms with Crippen molar-refractivity contribution >= 4 is 27.1 Å². The Labute approximate surface area is 122 Å². The Morgan fingerprint density at radius 2 is 1.95 bits per heavy atom. The van der Waals surface area contributed by atoms with Crippen molar-refractivity contribution in [2.45, 2.75) is 11.3 Å². The molecule has 0 radical (unpaired) electrons. The normalized spacial score (nSPS) is 11.1. The molecule has 0 unspecified atom stereocenters. The van der Waals surface area contributed by atoms with Crippen molar-refractivity contribution in [3.8, 4) is 0 Å². The van der Waals surface area contributed by atoms with E-state index in [4.69, 9.17) is 5.73 Å². The van der Waals surface area contributed by atoms with E-state index in [-0.39, 0.29) is 22.9 Å². The molecule has 1 amide bonds. The molecule has 0 aliphatic rings. The van der Waals surface area contributed by atoms with E-state index in [1.54, 1.807) is 30.3 Å². The fourth-order valence-electron chi connectivity index (χ4n) is 1.79. The van der Waals surface area contributed by atoms with Crippen LogP contribution in [0.15, 0.2) is 47.5 Å². The van der Waals surface area contributed by atoms with Crippen LogP contribution in [0.2, 0.25) is 0 Å². The number of benzene rings is 1. The van der Waals surface area contributed by atoms with Crippen LogP contribution in [-0.4, -0.2) is 25.6 Å². The van der Waals surface area contributed by atoms with Gasteiger partial charge >= 0.3 is 0 Å². The SMILES string of the molecule is CS(=O)(=O)c1ccccc1NC(=O)Cc1ccc(N)cn1. The van der Waals surface area contributed by atoms with Gasteiger partial charge in [-0.05, 0) is 24.3 Å². The zero-order valence-electron chi connectivity index (χ0n) is 11.4. The summed E-state index contributed by atoms with van der Waals surface area (Å²) in [6.45, 7) is 0. The van der Waals surface area contributed by atoms with Crippen molar-refractivity contribution < 1.29 is 13.2 Å². The lowest BCUT2D eigenvalue weighted by Crippen LogP contribution is -2.17. The number of carbonyl (C=O) groups excluding carboxylic acids is 1. The summed E-state index contributed by atoms with van der Waals surface area (Å²) in [5.74, 6) is -0.344. The highest BCUT2D eigenvalue weighted by Crippen LogP contribution is 2.20. The zero-order chi connectivity index (χ0) is 15.5. The van der Waals surface area contributed by atoms with E-state index in [2.05, 4.69) is 10.3 Å². The topological polar surface area (TPSA) is 102 Å². The van der Waals surface area contributed by atoms with Crippen molar-refractivity contribution in [2.24, 2.45) is 0 Å². The monoisotopic (exact) mass is 305 g/mol. The highest BCUT2D eigenvalue weighted by Gasteiger charge is 2.14. The van der Waals surface area contributed by atoms with Crippen molar-refractivity contribution in [1.82, 2.24) is 4.98 Å². The number of hydrogen-bond acceptors (Lipinski definition) is 5. The number of para-hydroxylation sites is 1. The van der Waals surface area contributed by atoms with Gasteiger partial charge < -0.3 is 11.1 Å². The van der Waals surface area contributed by atoms with Gasteiger partial charge in [0.1, 0.15) is 0 Å². The number of hydrogen-bond donors (Lipinski definition) is 2. The average molecular weight is 305 g/mol. The van der Waals surface area contributed by atoms with Crippen molar-refractivity contribution in [3.63, 3.8) is 0 Å². The van der Waals surface area contributed by atoms with Crippen molar-refractivity contribution in [1.29, 1.82) is 0 Å². The van der Waals surface area contributed by atoms with Gasteiger partial charge in [-0.2, -0.15) is 0 Å². The summed E-state index contributed by atoms with van der Waals surface area (Å²) in [4.78, 5) is 16.1. The lowest BCUT2D eigenvalue weighted by molar-refractivity contribution is -0.115. The number of anilines is 2. The second-order valence-corrected chi connectivity index (χ2v) is 6.56. The number of rotatable bonds is 4. The molecule has 0 saturated carbocycles. The standard InChI is InChI=1S/C14H15N3O3S/c1-21(19,20)13-5-3-2-4-12(13)17-14(18)8-11-7-6-10(15)9-16-11/h2-7,9H,8,15H2,1H3,(H,17,18). The first-order valence-corrected chi connectivity index (χ1v) is 8.05. The maximum atomic E-state index is 12.0. The molecular weight excluding hydrogens is 290 g/mol. The molecule has 3 N–H and O–H groups in total. The lowest BCUT2D eigenvalue weighted by atomic mass is 10.2. The molecule has 0 fully saturated rings. The summed E-state index contributed by atoms with van der Waals surface area (Å²) < 4.78 is 23.3. The molecule has 7 heteroatoms. The van der Waals surface area contributed by atoms with Crippen molar-refractivity contribution in [2.75, 3.05) is 17.3 Å². The minimum atomic E-state index is -3.40. The van der Waals surface area contributed by atoms with Gasteiger partial charge in [0, 0.05) is 11.9 Å². The van der Waals surface area contributed by atoms with Gasteiger partial charge in [0.25, 0.3) is 0 Å². The number of aromatic nitrogens is 1. The van der Waals surface area contributed by atoms with Gasteiger partial charge in [-0.25, -0.2) is 8.42 Å². The van der Waals surface area contributed by atoms with Crippen LogP contribution < -0.4 is 11.1 Å². The molecule has 1 aromatic carbocycles. The van der Waals surface area contributed by atoms with Gasteiger partial charge in [0.05, 0.1) is 28.9 Å². The molecule has 2 rings (SSSR count). The number of nitrogens with one attached hydrogen (secondary N) is 1. The number of pyridine rings is 1. The maximum Gasteiger partial charge on any atom is 0.230 e. The van der Waals surface area contributed by atoms with E-state index in [1.807, 2.05) is 0 Å². The molecule has 0 spiro atoms. The van der Waals surface area contributed by atoms with Crippen LogP contribution in [0.4, 0.5) is 11.4 Å². The molecule has 0 aliphatic carbocycles. The molecule has 0 aliphatic heterocycles. The summed E-state index contributed by atoms with van der Waals surface area (Å²) >= 11 is 0. The van der Waals surface area contributed by atoms with Crippen LogP contribution in [0.5, 0.6) is 0 Å². The first-order valence-electron chi connectivity index (χ1n) is 6.15. The third-order valence-electron chi connectivity index (χ3n) is 2.75.